The van der Waals surface area contributed by atoms with E-state index in [-0.39, 0.29) is 15.6 Å². The van der Waals surface area contributed by atoms with Gasteiger partial charge in [0.2, 0.25) is 0 Å². The lowest BCUT2D eigenvalue weighted by atomic mass is 10.1. The molecule has 0 aromatic heterocycles. The van der Waals surface area contributed by atoms with Gasteiger partial charge in [-0.05, 0) is 25.5 Å². The average Bonchev–Trinajstić information content (AvgIpc) is 2.14. The van der Waals surface area contributed by atoms with E-state index in [1.165, 1.54) is 6.08 Å². The van der Waals surface area contributed by atoms with E-state index in [1.807, 2.05) is 0 Å². The molecule has 0 rings (SSSR count). The third kappa shape index (κ3) is 4.90. The normalized spacial score (nSPS) is 18.1. The predicted octanol–water partition coefficient (Wildman–Crippen LogP) is 4.25. The standard InChI is InChI=1S/C10H12BrCl3O/c1-6(2)9(15)7(13)4-10(3,14)8(11)5-12/h4,8H,1,5H2,2-3H3/b7-4-. The SMILES string of the molecule is C=C(C)C(=O)/C(Cl)=C/C(C)(Cl)C(Br)CCl. The highest BCUT2D eigenvalue weighted by atomic mass is 79.9. The van der Waals surface area contributed by atoms with Crippen molar-refractivity contribution in [2.45, 2.75) is 23.5 Å². The monoisotopic (exact) mass is 332 g/mol. The van der Waals surface area contributed by atoms with Gasteiger partial charge in [0.15, 0.2) is 5.78 Å². The number of carbonyl (C=O) groups is 1. The highest BCUT2D eigenvalue weighted by Crippen LogP contribution is 2.30. The van der Waals surface area contributed by atoms with Gasteiger partial charge in [0, 0.05) is 5.88 Å². The first kappa shape index (κ1) is 15.5. The second-order valence-corrected chi connectivity index (χ2v) is 6.01. The van der Waals surface area contributed by atoms with E-state index in [9.17, 15) is 4.79 Å². The Kier molecular flexibility index (Phi) is 6.50. The Bertz CT molecular complexity index is 297. The van der Waals surface area contributed by atoms with Crippen molar-refractivity contribution in [3.8, 4) is 0 Å². The van der Waals surface area contributed by atoms with Crippen LogP contribution in [0.25, 0.3) is 0 Å². The van der Waals surface area contributed by atoms with Crippen LogP contribution in [0.1, 0.15) is 13.8 Å². The molecule has 0 aromatic carbocycles. The summed E-state index contributed by atoms with van der Waals surface area (Å²) in [7, 11) is 0. The zero-order valence-corrected chi connectivity index (χ0v) is 12.3. The maximum absolute atomic E-state index is 11.4. The molecule has 0 fully saturated rings. The van der Waals surface area contributed by atoms with E-state index in [4.69, 9.17) is 34.8 Å². The number of hydrogen-bond donors (Lipinski definition) is 0. The van der Waals surface area contributed by atoms with Crippen molar-refractivity contribution in [1.29, 1.82) is 0 Å². The molecule has 15 heavy (non-hydrogen) atoms. The summed E-state index contributed by atoms with van der Waals surface area (Å²) in [5.41, 5.74) is 0.376. The van der Waals surface area contributed by atoms with Gasteiger partial charge >= 0.3 is 0 Å². The van der Waals surface area contributed by atoms with E-state index in [1.54, 1.807) is 13.8 Å². The van der Waals surface area contributed by atoms with Crippen molar-refractivity contribution in [2.75, 3.05) is 5.88 Å². The fourth-order valence-electron chi connectivity index (χ4n) is 0.758. The van der Waals surface area contributed by atoms with Gasteiger partial charge in [-0.3, -0.25) is 4.79 Å². The van der Waals surface area contributed by atoms with Crippen LogP contribution in [0.3, 0.4) is 0 Å². The summed E-state index contributed by atoms with van der Waals surface area (Å²) in [6.07, 6.45) is 1.48. The fraction of sp³-hybridized carbons (Fsp3) is 0.500. The Labute approximate surface area is 114 Å². The Balaban J connectivity index is 4.88. The highest BCUT2D eigenvalue weighted by Gasteiger charge is 2.28. The zero-order chi connectivity index (χ0) is 12.2. The smallest absolute Gasteiger partial charge is 0.199 e. The molecular formula is C10H12BrCl3O. The molecule has 0 spiro atoms. The lowest BCUT2D eigenvalue weighted by molar-refractivity contribution is -0.111. The third-order valence-corrected chi connectivity index (χ3v) is 4.63. The maximum atomic E-state index is 11.4. The summed E-state index contributed by atoms with van der Waals surface area (Å²) in [6, 6.07) is 0. The average molecular weight is 334 g/mol. The van der Waals surface area contributed by atoms with Crippen LogP contribution < -0.4 is 0 Å². The molecule has 0 amide bonds. The molecule has 0 heterocycles. The number of allylic oxidation sites excluding steroid dienone is 3. The first-order valence-corrected chi connectivity index (χ1v) is 6.40. The van der Waals surface area contributed by atoms with E-state index in [2.05, 4.69) is 22.5 Å². The van der Waals surface area contributed by atoms with E-state index in [0.29, 0.717) is 11.5 Å². The fourth-order valence-corrected chi connectivity index (χ4v) is 1.92. The van der Waals surface area contributed by atoms with Gasteiger partial charge in [0.05, 0.1) is 14.7 Å². The first-order valence-electron chi connectivity index (χ1n) is 4.20. The molecule has 2 atom stereocenters. The Morgan fingerprint density at radius 3 is 2.47 bits per heavy atom. The summed E-state index contributed by atoms with van der Waals surface area (Å²) in [4.78, 5) is 10.5. The van der Waals surface area contributed by atoms with Crippen molar-refractivity contribution in [3.63, 3.8) is 0 Å². The van der Waals surface area contributed by atoms with Crippen LogP contribution in [-0.4, -0.2) is 21.4 Å². The zero-order valence-electron chi connectivity index (χ0n) is 8.49. The summed E-state index contributed by atoms with van der Waals surface area (Å²) in [6.45, 7) is 6.84. The van der Waals surface area contributed by atoms with Crippen LogP contribution in [0.2, 0.25) is 0 Å². The van der Waals surface area contributed by atoms with Gasteiger partial charge in [-0.15, -0.1) is 23.2 Å². The lowest BCUT2D eigenvalue weighted by Gasteiger charge is -2.22. The molecule has 2 unspecified atom stereocenters. The molecule has 0 aliphatic carbocycles. The number of halogens is 4. The molecule has 1 nitrogen and oxygen atoms in total. The quantitative estimate of drug-likeness (QED) is 0.542. The molecule has 0 radical (unpaired) electrons. The van der Waals surface area contributed by atoms with Crippen molar-refractivity contribution in [1.82, 2.24) is 0 Å². The van der Waals surface area contributed by atoms with Crippen LogP contribution in [0, 0.1) is 0 Å². The van der Waals surface area contributed by atoms with Gasteiger partial charge in [-0.25, -0.2) is 0 Å². The maximum Gasteiger partial charge on any atom is 0.199 e. The molecule has 0 saturated heterocycles. The predicted molar refractivity (Wildman–Crippen MR) is 71.5 cm³/mol. The Hall–Kier alpha value is 0.500. The summed E-state index contributed by atoms with van der Waals surface area (Å²) < 4.78 is 0. The van der Waals surface area contributed by atoms with Crippen LogP contribution >= 0.6 is 50.7 Å². The molecule has 0 bridgehead atoms. The summed E-state index contributed by atoms with van der Waals surface area (Å²) in [5, 5.41) is 0.0644. The number of Topliss-reactive ketones (excluding diaryl/α,β-unsaturated/α-hetero) is 1. The van der Waals surface area contributed by atoms with Crippen LogP contribution in [-0.2, 0) is 4.79 Å². The van der Waals surface area contributed by atoms with Crippen LogP contribution in [0.15, 0.2) is 23.3 Å². The van der Waals surface area contributed by atoms with E-state index in [0.717, 1.165) is 0 Å². The number of carbonyl (C=O) groups excluding carboxylic acids is 1. The minimum atomic E-state index is -0.802. The second kappa shape index (κ2) is 6.29. The molecule has 0 aliphatic rings. The molecule has 0 N–H and O–H groups in total. The van der Waals surface area contributed by atoms with Gasteiger partial charge in [0.25, 0.3) is 0 Å². The topological polar surface area (TPSA) is 17.1 Å². The van der Waals surface area contributed by atoms with E-state index < -0.39 is 4.87 Å². The van der Waals surface area contributed by atoms with Crippen molar-refractivity contribution in [3.05, 3.63) is 23.3 Å². The minimum absolute atomic E-state index is 0.0644. The van der Waals surface area contributed by atoms with Crippen molar-refractivity contribution >= 4 is 56.5 Å². The minimum Gasteiger partial charge on any atom is -0.288 e. The third-order valence-electron chi connectivity index (χ3n) is 1.76. The van der Waals surface area contributed by atoms with E-state index >= 15 is 0 Å². The van der Waals surface area contributed by atoms with Gasteiger partial charge < -0.3 is 0 Å². The molecule has 86 valence electrons. The highest BCUT2D eigenvalue weighted by molar-refractivity contribution is 9.09. The number of hydrogen-bond acceptors (Lipinski definition) is 1. The molecule has 0 aromatic rings. The Morgan fingerprint density at radius 1 is 1.67 bits per heavy atom. The number of alkyl halides is 3. The van der Waals surface area contributed by atoms with Crippen molar-refractivity contribution < 1.29 is 4.79 Å². The molecule has 0 saturated carbocycles. The molecule has 0 aliphatic heterocycles. The van der Waals surface area contributed by atoms with Gasteiger partial charge in [-0.2, -0.15) is 0 Å². The van der Waals surface area contributed by atoms with Crippen LogP contribution in [0.5, 0.6) is 0 Å². The molecule has 5 heteroatoms. The molecular weight excluding hydrogens is 322 g/mol. The number of rotatable bonds is 5. The van der Waals surface area contributed by atoms with Gasteiger partial charge in [0.1, 0.15) is 0 Å². The lowest BCUT2D eigenvalue weighted by Crippen LogP contribution is -2.28. The first-order chi connectivity index (χ1) is 6.72. The number of ketones is 1. The van der Waals surface area contributed by atoms with Gasteiger partial charge in [-0.1, -0.05) is 34.1 Å². The Morgan fingerprint density at radius 2 is 2.13 bits per heavy atom. The summed E-state index contributed by atoms with van der Waals surface area (Å²) >= 11 is 20.9. The van der Waals surface area contributed by atoms with Crippen LogP contribution in [0.4, 0.5) is 0 Å². The second-order valence-electron chi connectivity index (χ2n) is 3.37. The largest absolute Gasteiger partial charge is 0.288 e. The summed E-state index contributed by atoms with van der Waals surface area (Å²) in [5.74, 6) is 0.0138. The van der Waals surface area contributed by atoms with Crippen molar-refractivity contribution in [2.24, 2.45) is 0 Å².